The number of hydrazine groups is 1. The Kier molecular flexibility index (Phi) is 3.22. The molecule has 0 radical (unpaired) electrons. The van der Waals surface area contributed by atoms with Crippen LogP contribution < -0.4 is 16.6 Å². The number of ether oxygens (including phenoxy) is 1. The normalized spacial score (nSPS) is 26.1. The van der Waals surface area contributed by atoms with Crippen molar-refractivity contribution in [1.82, 2.24) is 4.98 Å². The molecule has 17 heavy (non-hydrogen) atoms. The highest BCUT2D eigenvalue weighted by Gasteiger charge is 2.48. The molecule has 5 nitrogen and oxygen atoms in total. The lowest BCUT2D eigenvalue weighted by Crippen LogP contribution is -2.57. The number of hydrogen-bond donors (Lipinski definition) is 3. The van der Waals surface area contributed by atoms with Crippen molar-refractivity contribution in [3.8, 4) is 0 Å². The Morgan fingerprint density at radius 2 is 2.12 bits per heavy atom. The maximum absolute atomic E-state index is 5.42. The van der Waals surface area contributed by atoms with E-state index in [1.165, 1.54) is 0 Å². The van der Waals surface area contributed by atoms with E-state index in [1.54, 1.807) is 7.11 Å². The largest absolute Gasteiger partial charge is 0.381 e. The topological polar surface area (TPSA) is 72.2 Å². The smallest absolute Gasteiger partial charge is 0.142 e. The van der Waals surface area contributed by atoms with Crippen LogP contribution in [0.4, 0.5) is 11.6 Å². The zero-order valence-electron chi connectivity index (χ0n) is 10.5. The summed E-state index contributed by atoms with van der Waals surface area (Å²) in [5.74, 6) is 6.84. The maximum Gasteiger partial charge on any atom is 0.142 e. The Hall–Kier alpha value is -1.33. The van der Waals surface area contributed by atoms with E-state index in [1.807, 2.05) is 18.2 Å². The number of anilines is 2. The number of nitrogens with zero attached hydrogens (tertiary/aromatic N) is 1. The number of nitrogen functional groups attached to an aromatic ring is 1. The second kappa shape index (κ2) is 4.50. The fourth-order valence-electron chi connectivity index (χ4n) is 2.30. The van der Waals surface area contributed by atoms with E-state index in [-0.39, 0.29) is 5.41 Å². The van der Waals surface area contributed by atoms with Crippen LogP contribution in [0.15, 0.2) is 18.2 Å². The molecule has 0 saturated heterocycles. The van der Waals surface area contributed by atoms with Gasteiger partial charge in [-0.15, -0.1) is 0 Å². The Balaban J connectivity index is 2.02. The van der Waals surface area contributed by atoms with Gasteiger partial charge in [0.25, 0.3) is 0 Å². The van der Waals surface area contributed by atoms with Crippen LogP contribution in [0.3, 0.4) is 0 Å². The van der Waals surface area contributed by atoms with Gasteiger partial charge >= 0.3 is 0 Å². The predicted octanol–water partition coefficient (Wildman–Crippen LogP) is 1.59. The first-order valence-corrected chi connectivity index (χ1v) is 5.81. The highest BCUT2D eigenvalue weighted by molar-refractivity contribution is 5.45. The van der Waals surface area contributed by atoms with Crippen LogP contribution in [0.25, 0.3) is 0 Å². The fourth-order valence-corrected chi connectivity index (χ4v) is 2.30. The summed E-state index contributed by atoms with van der Waals surface area (Å²) >= 11 is 0. The molecule has 1 aromatic heterocycles. The average Bonchev–Trinajstić information content (AvgIpc) is 2.34. The van der Waals surface area contributed by atoms with Gasteiger partial charge in [0.2, 0.25) is 0 Å². The van der Waals surface area contributed by atoms with Gasteiger partial charge in [0, 0.05) is 18.6 Å². The van der Waals surface area contributed by atoms with Crippen LogP contribution in [-0.2, 0) is 4.74 Å². The zero-order chi connectivity index (χ0) is 12.5. The molecule has 0 bridgehead atoms. The Labute approximate surface area is 102 Å². The predicted molar refractivity (Wildman–Crippen MR) is 68.7 cm³/mol. The molecule has 0 spiro atoms. The summed E-state index contributed by atoms with van der Waals surface area (Å²) in [4.78, 5) is 4.34. The van der Waals surface area contributed by atoms with Crippen molar-refractivity contribution in [2.75, 3.05) is 17.9 Å². The van der Waals surface area contributed by atoms with Crippen LogP contribution in [0, 0.1) is 5.41 Å². The first kappa shape index (κ1) is 12.1. The molecule has 2 rings (SSSR count). The summed E-state index contributed by atoms with van der Waals surface area (Å²) in [5, 5.41) is 3.42. The monoisotopic (exact) mass is 236 g/mol. The number of hydrogen-bond acceptors (Lipinski definition) is 5. The molecule has 1 aromatic rings. The van der Waals surface area contributed by atoms with Crippen molar-refractivity contribution in [3.63, 3.8) is 0 Å². The van der Waals surface area contributed by atoms with Gasteiger partial charge in [-0.1, -0.05) is 19.9 Å². The Bertz CT molecular complexity index is 394. The zero-order valence-corrected chi connectivity index (χ0v) is 10.5. The van der Waals surface area contributed by atoms with E-state index in [2.05, 4.69) is 29.6 Å². The summed E-state index contributed by atoms with van der Waals surface area (Å²) in [6.07, 6.45) is 1.32. The van der Waals surface area contributed by atoms with Gasteiger partial charge in [-0.25, -0.2) is 10.8 Å². The molecule has 94 valence electrons. The number of rotatable bonds is 4. The minimum absolute atomic E-state index is 0.128. The number of nitrogens with two attached hydrogens (primary N) is 1. The molecule has 1 aliphatic carbocycles. The van der Waals surface area contributed by atoms with Crippen molar-refractivity contribution in [3.05, 3.63) is 18.2 Å². The summed E-state index contributed by atoms with van der Waals surface area (Å²) in [5.41, 5.74) is 2.67. The summed E-state index contributed by atoms with van der Waals surface area (Å²) in [6.45, 7) is 4.40. The molecule has 1 aliphatic rings. The standard InChI is InChI=1S/C12H20N4O/c1-12(2)8(7-9(12)17-3)14-10-5-4-6-11(15-10)16-13/h4-6,8-9H,7,13H2,1-3H3,(H2,14,15,16). The minimum atomic E-state index is 0.128. The molecular weight excluding hydrogens is 216 g/mol. The fraction of sp³-hybridized carbons (Fsp3) is 0.583. The van der Waals surface area contributed by atoms with Crippen molar-refractivity contribution in [1.29, 1.82) is 0 Å². The van der Waals surface area contributed by atoms with Crippen LogP contribution in [0.2, 0.25) is 0 Å². The molecule has 1 heterocycles. The summed E-state index contributed by atoms with van der Waals surface area (Å²) in [6, 6.07) is 6.07. The number of aromatic nitrogens is 1. The molecule has 1 saturated carbocycles. The van der Waals surface area contributed by atoms with Gasteiger partial charge in [-0.05, 0) is 18.6 Å². The highest BCUT2D eigenvalue weighted by Crippen LogP contribution is 2.43. The lowest BCUT2D eigenvalue weighted by molar-refractivity contribution is -0.0795. The van der Waals surface area contributed by atoms with Gasteiger partial charge in [0.15, 0.2) is 0 Å². The number of pyridine rings is 1. The molecule has 2 atom stereocenters. The number of methoxy groups -OCH3 is 1. The van der Waals surface area contributed by atoms with E-state index in [0.29, 0.717) is 18.0 Å². The van der Waals surface area contributed by atoms with Gasteiger partial charge in [-0.2, -0.15) is 0 Å². The van der Waals surface area contributed by atoms with Crippen molar-refractivity contribution < 1.29 is 4.74 Å². The van der Waals surface area contributed by atoms with Crippen molar-refractivity contribution in [2.45, 2.75) is 32.4 Å². The second-order valence-corrected chi connectivity index (χ2v) is 5.03. The van der Waals surface area contributed by atoms with Crippen LogP contribution >= 0.6 is 0 Å². The van der Waals surface area contributed by atoms with E-state index in [4.69, 9.17) is 10.6 Å². The number of nitrogens with one attached hydrogen (secondary N) is 2. The van der Waals surface area contributed by atoms with Gasteiger partial charge < -0.3 is 15.5 Å². The summed E-state index contributed by atoms with van der Waals surface area (Å²) in [7, 11) is 1.76. The third kappa shape index (κ3) is 2.21. The Morgan fingerprint density at radius 1 is 1.41 bits per heavy atom. The molecule has 5 heteroatoms. The van der Waals surface area contributed by atoms with E-state index >= 15 is 0 Å². The third-order valence-electron chi connectivity index (χ3n) is 3.68. The highest BCUT2D eigenvalue weighted by atomic mass is 16.5. The van der Waals surface area contributed by atoms with Crippen LogP contribution in [0.1, 0.15) is 20.3 Å². The average molecular weight is 236 g/mol. The maximum atomic E-state index is 5.42. The first-order chi connectivity index (χ1) is 8.07. The van der Waals surface area contributed by atoms with Gasteiger partial charge in [-0.3, -0.25) is 0 Å². The second-order valence-electron chi connectivity index (χ2n) is 5.03. The Morgan fingerprint density at radius 3 is 2.71 bits per heavy atom. The van der Waals surface area contributed by atoms with Gasteiger partial charge in [0.05, 0.1) is 6.10 Å². The quantitative estimate of drug-likeness (QED) is 0.547. The summed E-state index contributed by atoms with van der Waals surface area (Å²) < 4.78 is 5.42. The molecular formula is C12H20N4O. The minimum Gasteiger partial charge on any atom is -0.381 e. The van der Waals surface area contributed by atoms with Crippen molar-refractivity contribution >= 4 is 11.6 Å². The molecule has 4 N–H and O–H groups in total. The van der Waals surface area contributed by atoms with E-state index in [0.717, 1.165) is 12.2 Å². The van der Waals surface area contributed by atoms with Crippen LogP contribution in [-0.4, -0.2) is 24.2 Å². The van der Waals surface area contributed by atoms with Gasteiger partial charge in [0.1, 0.15) is 11.6 Å². The lowest BCUT2D eigenvalue weighted by atomic mass is 9.64. The molecule has 1 fully saturated rings. The van der Waals surface area contributed by atoms with E-state index in [9.17, 15) is 0 Å². The first-order valence-electron chi connectivity index (χ1n) is 5.81. The lowest BCUT2D eigenvalue weighted by Gasteiger charge is -2.51. The molecule has 0 aromatic carbocycles. The molecule has 0 aliphatic heterocycles. The van der Waals surface area contributed by atoms with Crippen molar-refractivity contribution in [2.24, 2.45) is 11.3 Å². The molecule has 0 amide bonds. The van der Waals surface area contributed by atoms with E-state index < -0.39 is 0 Å². The van der Waals surface area contributed by atoms with Crippen LogP contribution in [0.5, 0.6) is 0 Å². The third-order valence-corrected chi connectivity index (χ3v) is 3.68. The SMILES string of the molecule is COC1CC(Nc2cccc(NN)n2)C1(C)C. The molecule has 2 unspecified atom stereocenters.